The Morgan fingerprint density at radius 1 is 1.53 bits per heavy atom. The maximum Gasteiger partial charge on any atom is 0.321 e. The Kier molecular flexibility index (Phi) is 3.93. The topological polar surface area (TPSA) is 87.6 Å². The molecule has 0 aromatic carbocycles. The summed E-state index contributed by atoms with van der Waals surface area (Å²) in [6.45, 7) is 1.38. The van der Waals surface area contributed by atoms with Gasteiger partial charge in [-0.3, -0.25) is 9.78 Å². The number of sulfonamides is 1. The molecule has 0 radical (unpaired) electrons. The van der Waals surface area contributed by atoms with E-state index < -0.39 is 22.0 Å². The van der Waals surface area contributed by atoms with Crippen molar-refractivity contribution in [2.75, 3.05) is 0 Å². The predicted molar refractivity (Wildman–Crippen MR) is 71.1 cm³/mol. The van der Waals surface area contributed by atoms with Gasteiger partial charge >= 0.3 is 5.97 Å². The van der Waals surface area contributed by atoms with Crippen molar-refractivity contribution in [3.8, 4) is 0 Å². The van der Waals surface area contributed by atoms with Gasteiger partial charge in [0.25, 0.3) is 0 Å². The van der Waals surface area contributed by atoms with Crippen LogP contribution in [0.4, 0.5) is 0 Å². The van der Waals surface area contributed by atoms with Crippen molar-refractivity contribution in [3.63, 3.8) is 0 Å². The standard InChI is InChI=1S/C11H13BrN2O4S/c1-7(11(15)16)14(9-2-3-9)19(17,18)10-4-8(12)5-13-6-10/h4-7,9H,2-3H2,1H3,(H,15,16). The van der Waals surface area contributed by atoms with Gasteiger partial charge < -0.3 is 5.11 Å². The van der Waals surface area contributed by atoms with Crippen molar-refractivity contribution in [3.05, 3.63) is 22.9 Å². The quantitative estimate of drug-likeness (QED) is 0.870. The van der Waals surface area contributed by atoms with Crippen LogP contribution in [0.5, 0.6) is 0 Å². The minimum absolute atomic E-state index is 0.00174. The fourth-order valence-electron chi connectivity index (χ4n) is 1.81. The Labute approximate surface area is 119 Å². The first-order chi connectivity index (χ1) is 8.84. The van der Waals surface area contributed by atoms with Gasteiger partial charge in [0, 0.05) is 22.9 Å². The van der Waals surface area contributed by atoms with Crippen molar-refractivity contribution in [1.82, 2.24) is 9.29 Å². The molecular formula is C11H13BrN2O4S. The number of nitrogens with zero attached hydrogens (tertiary/aromatic N) is 2. The molecule has 0 bridgehead atoms. The van der Waals surface area contributed by atoms with Gasteiger partial charge in [0.1, 0.15) is 10.9 Å². The smallest absolute Gasteiger partial charge is 0.321 e. The number of hydrogen-bond acceptors (Lipinski definition) is 4. The molecule has 1 N–H and O–H groups in total. The second-order valence-corrected chi connectivity index (χ2v) is 7.18. The Balaban J connectivity index is 2.43. The summed E-state index contributed by atoms with van der Waals surface area (Å²) in [7, 11) is -3.84. The number of carboxylic acid groups (broad SMARTS) is 1. The van der Waals surface area contributed by atoms with E-state index in [-0.39, 0.29) is 10.9 Å². The maximum absolute atomic E-state index is 12.5. The number of halogens is 1. The normalized spacial score (nSPS) is 17.4. The SMILES string of the molecule is CC(C(=O)O)N(C1CC1)S(=O)(=O)c1cncc(Br)c1. The highest BCUT2D eigenvalue weighted by Gasteiger charge is 2.43. The molecule has 1 aromatic heterocycles. The zero-order chi connectivity index (χ0) is 14.2. The van der Waals surface area contributed by atoms with Crippen LogP contribution >= 0.6 is 15.9 Å². The van der Waals surface area contributed by atoms with E-state index in [9.17, 15) is 13.2 Å². The van der Waals surface area contributed by atoms with E-state index >= 15 is 0 Å². The first kappa shape index (κ1) is 14.4. The summed E-state index contributed by atoms with van der Waals surface area (Å²) in [4.78, 5) is 14.9. The summed E-state index contributed by atoms with van der Waals surface area (Å²) in [5.41, 5.74) is 0. The Bertz CT molecular complexity index is 600. The van der Waals surface area contributed by atoms with E-state index in [2.05, 4.69) is 20.9 Å². The van der Waals surface area contributed by atoms with Crippen LogP contribution in [0.1, 0.15) is 19.8 Å². The second-order valence-electron chi connectivity index (χ2n) is 4.42. The Hall–Kier alpha value is -0.990. The fraction of sp³-hybridized carbons (Fsp3) is 0.455. The molecule has 1 fully saturated rings. The molecule has 6 nitrogen and oxygen atoms in total. The average Bonchev–Trinajstić information content (AvgIpc) is 3.13. The van der Waals surface area contributed by atoms with Crippen LogP contribution in [0.3, 0.4) is 0 Å². The van der Waals surface area contributed by atoms with Gasteiger partial charge in [0.15, 0.2) is 0 Å². The second kappa shape index (κ2) is 5.18. The lowest BCUT2D eigenvalue weighted by molar-refractivity contribution is -0.141. The molecule has 0 saturated heterocycles. The summed E-state index contributed by atoms with van der Waals surface area (Å²) in [5, 5.41) is 9.06. The van der Waals surface area contributed by atoms with E-state index in [1.807, 2.05) is 0 Å². The largest absolute Gasteiger partial charge is 0.480 e. The van der Waals surface area contributed by atoms with Crippen LogP contribution < -0.4 is 0 Å². The van der Waals surface area contributed by atoms with E-state index in [0.29, 0.717) is 17.3 Å². The third kappa shape index (κ3) is 2.96. The van der Waals surface area contributed by atoms with Crippen LogP contribution in [-0.2, 0) is 14.8 Å². The molecule has 8 heteroatoms. The Morgan fingerprint density at radius 3 is 2.63 bits per heavy atom. The van der Waals surface area contributed by atoms with Gasteiger partial charge in [0.2, 0.25) is 10.0 Å². The van der Waals surface area contributed by atoms with Gasteiger partial charge in [-0.05, 0) is 41.8 Å². The van der Waals surface area contributed by atoms with E-state index in [4.69, 9.17) is 5.11 Å². The molecule has 104 valence electrons. The van der Waals surface area contributed by atoms with Gasteiger partial charge in [-0.25, -0.2) is 8.42 Å². The molecule has 0 aliphatic heterocycles. The van der Waals surface area contributed by atoms with E-state index in [1.54, 1.807) is 0 Å². The van der Waals surface area contributed by atoms with Crippen molar-refractivity contribution >= 4 is 31.9 Å². The van der Waals surface area contributed by atoms with Crippen LogP contribution in [0.15, 0.2) is 27.8 Å². The summed E-state index contributed by atoms with van der Waals surface area (Å²) < 4.78 is 26.6. The lowest BCUT2D eigenvalue weighted by atomic mass is 10.3. The summed E-state index contributed by atoms with van der Waals surface area (Å²) in [5.74, 6) is -1.15. The van der Waals surface area contributed by atoms with Crippen molar-refractivity contribution in [2.24, 2.45) is 0 Å². The van der Waals surface area contributed by atoms with Gasteiger partial charge in [0.05, 0.1) is 0 Å². The summed E-state index contributed by atoms with van der Waals surface area (Å²) in [6.07, 6.45) is 4.09. The highest BCUT2D eigenvalue weighted by Crippen LogP contribution is 2.34. The number of aliphatic carboxylic acids is 1. The molecule has 1 atom stereocenters. The summed E-state index contributed by atoms with van der Waals surface area (Å²) >= 11 is 3.16. The van der Waals surface area contributed by atoms with Crippen LogP contribution in [0.25, 0.3) is 0 Å². The van der Waals surface area contributed by atoms with Crippen molar-refractivity contribution in [2.45, 2.75) is 36.7 Å². The summed E-state index contributed by atoms with van der Waals surface area (Å²) in [6, 6.07) is 0.110. The monoisotopic (exact) mass is 348 g/mol. The van der Waals surface area contributed by atoms with Crippen LogP contribution in [-0.4, -0.2) is 40.9 Å². The number of carboxylic acids is 1. The molecule has 1 saturated carbocycles. The number of hydrogen-bond donors (Lipinski definition) is 1. The minimum Gasteiger partial charge on any atom is -0.480 e. The van der Waals surface area contributed by atoms with Gasteiger partial charge in [-0.15, -0.1) is 0 Å². The molecular weight excluding hydrogens is 336 g/mol. The average molecular weight is 349 g/mol. The number of aromatic nitrogens is 1. The molecule has 2 rings (SSSR count). The molecule has 1 aromatic rings. The first-order valence-corrected chi connectivity index (χ1v) is 7.94. The third-order valence-electron chi connectivity index (χ3n) is 2.90. The van der Waals surface area contributed by atoms with Crippen molar-refractivity contribution < 1.29 is 18.3 Å². The molecule has 1 heterocycles. The third-order valence-corrected chi connectivity index (χ3v) is 5.32. The predicted octanol–water partition coefficient (Wildman–Crippen LogP) is 1.47. The van der Waals surface area contributed by atoms with Gasteiger partial charge in [-0.2, -0.15) is 4.31 Å². The molecule has 1 unspecified atom stereocenters. The maximum atomic E-state index is 12.5. The van der Waals surface area contributed by atoms with E-state index in [1.165, 1.54) is 25.4 Å². The Morgan fingerprint density at radius 2 is 2.16 bits per heavy atom. The minimum atomic E-state index is -3.84. The highest BCUT2D eigenvalue weighted by atomic mass is 79.9. The number of rotatable bonds is 5. The highest BCUT2D eigenvalue weighted by molar-refractivity contribution is 9.10. The van der Waals surface area contributed by atoms with Gasteiger partial charge in [-0.1, -0.05) is 0 Å². The molecule has 0 amide bonds. The van der Waals surface area contributed by atoms with Crippen LogP contribution in [0.2, 0.25) is 0 Å². The number of carbonyl (C=O) groups is 1. The van der Waals surface area contributed by atoms with E-state index in [0.717, 1.165) is 4.31 Å². The first-order valence-electron chi connectivity index (χ1n) is 5.71. The molecule has 1 aliphatic rings. The molecule has 19 heavy (non-hydrogen) atoms. The molecule has 0 spiro atoms. The lowest BCUT2D eigenvalue weighted by Crippen LogP contribution is -2.44. The fourth-order valence-corrected chi connectivity index (χ4v) is 4.15. The zero-order valence-corrected chi connectivity index (χ0v) is 12.6. The van der Waals surface area contributed by atoms with Crippen LogP contribution in [0, 0.1) is 0 Å². The molecule has 1 aliphatic carbocycles. The lowest BCUT2D eigenvalue weighted by Gasteiger charge is -2.25. The van der Waals surface area contributed by atoms with Crippen molar-refractivity contribution in [1.29, 1.82) is 0 Å². The zero-order valence-electron chi connectivity index (χ0n) is 10.2. The number of pyridine rings is 1.